The van der Waals surface area contributed by atoms with Crippen molar-refractivity contribution in [3.8, 4) is 6.07 Å². The number of hydrogen-bond donors (Lipinski definition) is 1. The Kier molecular flexibility index (Phi) is 4.69. The molecule has 1 heterocycles. The maximum atomic E-state index is 12.3. The molecule has 21 heavy (non-hydrogen) atoms. The van der Waals surface area contributed by atoms with Crippen molar-refractivity contribution >= 4 is 6.03 Å². The van der Waals surface area contributed by atoms with Crippen molar-refractivity contribution in [2.24, 2.45) is 0 Å². The molecule has 1 aromatic carbocycles. The van der Waals surface area contributed by atoms with Crippen LogP contribution in [0.5, 0.6) is 0 Å². The number of aromatic nitrogens is 2. The van der Waals surface area contributed by atoms with Crippen LogP contribution in [-0.4, -0.2) is 32.4 Å². The van der Waals surface area contributed by atoms with Crippen LogP contribution in [0.4, 0.5) is 4.79 Å². The lowest BCUT2D eigenvalue weighted by atomic mass is 10.1. The lowest BCUT2D eigenvalue weighted by Crippen LogP contribution is -2.34. The van der Waals surface area contributed by atoms with Crippen molar-refractivity contribution in [3.63, 3.8) is 0 Å². The standard InChI is InChI=1S/C15H16N4O2/c1-2-18(9-12-3-5-13(11-20)6-4-12)15(21)19-10-14(7-16)8-17-19/h3-6,8,10,20H,2,9,11H2,1H3. The van der Waals surface area contributed by atoms with Crippen molar-refractivity contribution in [2.45, 2.75) is 20.1 Å². The summed E-state index contributed by atoms with van der Waals surface area (Å²) in [5, 5.41) is 21.7. The highest BCUT2D eigenvalue weighted by molar-refractivity contribution is 5.76. The Hall–Kier alpha value is -2.65. The topological polar surface area (TPSA) is 82.1 Å². The van der Waals surface area contributed by atoms with E-state index in [2.05, 4.69) is 5.10 Å². The Morgan fingerprint density at radius 1 is 1.38 bits per heavy atom. The van der Waals surface area contributed by atoms with Gasteiger partial charge in [-0.3, -0.25) is 0 Å². The first kappa shape index (κ1) is 14.8. The van der Waals surface area contributed by atoms with Gasteiger partial charge in [0.25, 0.3) is 0 Å². The van der Waals surface area contributed by atoms with Gasteiger partial charge >= 0.3 is 6.03 Å². The van der Waals surface area contributed by atoms with Gasteiger partial charge in [0, 0.05) is 13.1 Å². The largest absolute Gasteiger partial charge is 0.392 e. The highest BCUT2D eigenvalue weighted by Gasteiger charge is 2.15. The van der Waals surface area contributed by atoms with E-state index in [-0.39, 0.29) is 12.6 Å². The molecule has 1 aromatic heterocycles. The molecule has 0 aliphatic rings. The molecule has 2 aromatic rings. The number of nitriles is 1. The second-order valence-electron chi connectivity index (χ2n) is 4.56. The van der Waals surface area contributed by atoms with E-state index >= 15 is 0 Å². The molecule has 2 rings (SSSR count). The van der Waals surface area contributed by atoms with Gasteiger partial charge < -0.3 is 10.0 Å². The molecular weight excluding hydrogens is 268 g/mol. The van der Waals surface area contributed by atoms with Gasteiger partial charge in [0.15, 0.2) is 0 Å². The molecule has 6 heteroatoms. The number of carbonyl (C=O) groups excluding carboxylic acids is 1. The van der Waals surface area contributed by atoms with Crippen molar-refractivity contribution in [2.75, 3.05) is 6.54 Å². The number of rotatable bonds is 4. The van der Waals surface area contributed by atoms with Crippen molar-refractivity contribution in [3.05, 3.63) is 53.3 Å². The summed E-state index contributed by atoms with van der Waals surface area (Å²) in [4.78, 5) is 13.9. The smallest absolute Gasteiger partial charge is 0.344 e. The predicted molar refractivity (Wildman–Crippen MR) is 76.2 cm³/mol. The first-order valence-electron chi connectivity index (χ1n) is 6.60. The van der Waals surface area contributed by atoms with Gasteiger partial charge in [-0.1, -0.05) is 24.3 Å². The molecule has 0 aliphatic carbocycles. The van der Waals surface area contributed by atoms with E-state index < -0.39 is 0 Å². The van der Waals surface area contributed by atoms with Gasteiger partial charge in [0.2, 0.25) is 0 Å². The number of benzene rings is 1. The van der Waals surface area contributed by atoms with Crippen molar-refractivity contribution in [1.82, 2.24) is 14.7 Å². The maximum Gasteiger partial charge on any atom is 0.344 e. The average molecular weight is 284 g/mol. The van der Waals surface area contributed by atoms with Gasteiger partial charge in [-0.15, -0.1) is 0 Å². The Morgan fingerprint density at radius 3 is 2.57 bits per heavy atom. The van der Waals surface area contributed by atoms with E-state index in [1.807, 2.05) is 37.3 Å². The zero-order valence-electron chi connectivity index (χ0n) is 11.7. The summed E-state index contributed by atoms with van der Waals surface area (Å²) in [6.07, 6.45) is 2.78. The molecule has 1 N–H and O–H groups in total. The molecule has 0 saturated heterocycles. The predicted octanol–water partition coefficient (Wildman–Crippen LogP) is 1.74. The van der Waals surface area contributed by atoms with Crippen LogP contribution in [0.1, 0.15) is 23.6 Å². The molecule has 6 nitrogen and oxygen atoms in total. The molecule has 108 valence electrons. The second kappa shape index (κ2) is 6.68. The third-order valence-corrected chi connectivity index (χ3v) is 3.14. The fraction of sp³-hybridized carbons (Fsp3) is 0.267. The first-order chi connectivity index (χ1) is 10.2. The van der Waals surface area contributed by atoms with Gasteiger partial charge in [0.05, 0.1) is 24.6 Å². The number of amides is 1. The lowest BCUT2D eigenvalue weighted by molar-refractivity contribution is 0.196. The van der Waals surface area contributed by atoms with E-state index in [1.54, 1.807) is 4.90 Å². The quantitative estimate of drug-likeness (QED) is 0.927. The molecular formula is C15H16N4O2. The molecule has 0 spiro atoms. The summed E-state index contributed by atoms with van der Waals surface area (Å²) < 4.78 is 1.17. The average Bonchev–Trinajstić information content (AvgIpc) is 3.01. The van der Waals surface area contributed by atoms with Crippen LogP contribution < -0.4 is 0 Å². The summed E-state index contributed by atoms with van der Waals surface area (Å²) in [5.41, 5.74) is 2.15. The summed E-state index contributed by atoms with van der Waals surface area (Å²) in [5.74, 6) is 0. The second-order valence-corrected chi connectivity index (χ2v) is 4.56. The summed E-state index contributed by atoms with van der Waals surface area (Å²) in [6.45, 7) is 2.86. The third-order valence-electron chi connectivity index (χ3n) is 3.14. The van der Waals surface area contributed by atoms with Gasteiger partial charge in [-0.25, -0.2) is 4.79 Å². The van der Waals surface area contributed by atoms with Crippen molar-refractivity contribution < 1.29 is 9.90 Å². The Bertz CT molecular complexity index is 655. The lowest BCUT2D eigenvalue weighted by Gasteiger charge is -2.20. The SMILES string of the molecule is CCN(Cc1ccc(CO)cc1)C(=O)n1cc(C#N)cn1. The van der Waals surface area contributed by atoms with Gasteiger partial charge in [-0.05, 0) is 18.1 Å². The van der Waals surface area contributed by atoms with E-state index in [9.17, 15) is 4.79 Å². The van der Waals surface area contributed by atoms with Gasteiger partial charge in [-0.2, -0.15) is 15.0 Å². The Balaban J connectivity index is 2.11. The van der Waals surface area contributed by atoms with Crippen LogP contribution >= 0.6 is 0 Å². The number of hydrogen-bond acceptors (Lipinski definition) is 4. The van der Waals surface area contributed by atoms with Crippen LogP contribution in [0.15, 0.2) is 36.7 Å². The number of carbonyl (C=O) groups is 1. The molecule has 0 radical (unpaired) electrons. The highest BCUT2D eigenvalue weighted by Crippen LogP contribution is 2.09. The Labute approximate surface area is 122 Å². The number of nitrogens with zero attached hydrogens (tertiary/aromatic N) is 4. The zero-order valence-corrected chi connectivity index (χ0v) is 11.7. The highest BCUT2D eigenvalue weighted by atomic mass is 16.3. The number of aliphatic hydroxyl groups excluding tert-OH is 1. The summed E-state index contributed by atoms with van der Waals surface area (Å²) >= 11 is 0. The normalized spacial score (nSPS) is 10.1. The maximum absolute atomic E-state index is 12.3. The van der Waals surface area contributed by atoms with E-state index in [0.29, 0.717) is 18.7 Å². The minimum atomic E-state index is -0.273. The van der Waals surface area contributed by atoms with E-state index in [4.69, 9.17) is 10.4 Å². The molecule has 0 saturated carbocycles. The van der Waals surface area contributed by atoms with Crippen molar-refractivity contribution in [1.29, 1.82) is 5.26 Å². The molecule has 1 amide bonds. The van der Waals surface area contributed by atoms with E-state index in [1.165, 1.54) is 17.1 Å². The summed E-state index contributed by atoms with van der Waals surface area (Å²) in [7, 11) is 0. The fourth-order valence-electron chi connectivity index (χ4n) is 1.92. The monoisotopic (exact) mass is 284 g/mol. The van der Waals surface area contributed by atoms with Gasteiger partial charge in [0.1, 0.15) is 6.07 Å². The van der Waals surface area contributed by atoms with E-state index in [0.717, 1.165) is 11.1 Å². The van der Waals surface area contributed by atoms with Crippen LogP contribution in [0.25, 0.3) is 0 Å². The fourth-order valence-corrected chi connectivity index (χ4v) is 1.92. The molecule has 0 aliphatic heterocycles. The minimum Gasteiger partial charge on any atom is -0.392 e. The first-order valence-corrected chi connectivity index (χ1v) is 6.60. The molecule has 0 bridgehead atoms. The van der Waals surface area contributed by atoms with Crippen LogP contribution in [-0.2, 0) is 13.2 Å². The molecule has 0 fully saturated rings. The van der Waals surface area contributed by atoms with Crippen LogP contribution in [0, 0.1) is 11.3 Å². The van der Waals surface area contributed by atoms with Crippen LogP contribution in [0.3, 0.4) is 0 Å². The third kappa shape index (κ3) is 3.46. The molecule has 0 atom stereocenters. The molecule has 0 unspecified atom stereocenters. The van der Waals surface area contributed by atoms with Crippen LogP contribution in [0.2, 0.25) is 0 Å². The number of aliphatic hydroxyl groups is 1. The Morgan fingerprint density at radius 2 is 2.05 bits per heavy atom. The summed E-state index contributed by atoms with van der Waals surface area (Å²) in [6, 6.07) is 9.09. The minimum absolute atomic E-state index is 0.000919. The zero-order chi connectivity index (χ0) is 15.2.